The van der Waals surface area contributed by atoms with Crippen molar-refractivity contribution in [3.05, 3.63) is 0 Å². The summed E-state index contributed by atoms with van der Waals surface area (Å²) in [6, 6.07) is -0.169. The summed E-state index contributed by atoms with van der Waals surface area (Å²) in [6.45, 7) is 9.91. The number of piperidine rings is 1. The number of nitrogens with one attached hydrogen (secondary N) is 1. The van der Waals surface area contributed by atoms with Gasteiger partial charge in [-0.15, -0.1) is 0 Å². The van der Waals surface area contributed by atoms with Crippen molar-refractivity contribution in [3.63, 3.8) is 0 Å². The van der Waals surface area contributed by atoms with Crippen molar-refractivity contribution in [2.45, 2.75) is 46.6 Å². The van der Waals surface area contributed by atoms with Crippen molar-refractivity contribution in [1.82, 2.24) is 9.03 Å². The molecule has 1 fully saturated rings. The minimum atomic E-state index is -3.40. The van der Waals surface area contributed by atoms with Gasteiger partial charge in [0.1, 0.15) is 0 Å². The van der Waals surface area contributed by atoms with Crippen LogP contribution in [-0.2, 0) is 10.2 Å². The Morgan fingerprint density at radius 1 is 1.26 bits per heavy atom. The lowest BCUT2D eigenvalue weighted by atomic mass is 9.94. The van der Waals surface area contributed by atoms with Gasteiger partial charge >= 0.3 is 0 Å². The molecule has 3 atom stereocenters. The summed E-state index contributed by atoms with van der Waals surface area (Å²) in [5.41, 5.74) is 5.67. The molecule has 5 nitrogen and oxygen atoms in total. The maximum absolute atomic E-state index is 12.4. The van der Waals surface area contributed by atoms with E-state index in [1.807, 2.05) is 0 Å². The van der Waals surface area contributed by atoms with Gasteiger partial charge < -0.3 is 5.73 Å². The van der Waals surface area contributed by atoms with Crippen LogP contribution in [0.1, 0.15) is 40.5 Å². The molecule has 1 heterocycles. The molecule has 3 N–H and O–H groups in total. The van der Waals surface area contributed by atoms with Crippen LogP contribution in [0.5, 0.6) is 0 Å². The fourth-order valence-electron chi connectivity index (χ4n) is 2.85. The summed E-state index contributed by atoms with van der Waals surface area (Å²) in [5.74, 6) is 1.26. The quantitative estimate of drug-likeness (QED) is 0.771. The predicted molar refractivity (Wildman–Crippen MR) is 78.9 cm³/mol. The average Bonchev–Trinajstić information content (AvgIpc) is 2.25. The van der Waals surface area contributed by atoms with Crippen molar-refractivity contribution in [1.29, 1.82) is 0 Å². The van der Waals surface area contributed by atoms with Crippen LogP contribution in [0, 0.1) is 17.8 Å². The first-order valence-corrected chi connectivity index (χ1v) is 8.66. The second-order valence-corrected chi connectivity index (χ2v) is 8.15. The van der Waals surface area contributed by atoms with Gasteiger partial charge in [-0.3, -0.25) is 0 Å². The van der Waals surface area contributed by atoms with Gasteiger partial charge in [0.25, 0.3) is 10.2 Å². The smallest absolute Gasteiger partial charge is 0.279 e. The van der Waals surface area contributed by atoms with E-state index in [0.29, 0.717) is 37.4 Å². The van der Waals surface area contributed by atoms with E-state index in [9.17, 15) is 8.42 Å². The van der Waals surface area contributed by atoms with Crippen LogP contribution in [-0.4, -0.2) is 38.4 Å². The first-order chi connectivity index (χ1) is 8.74. The Labute approximate surface area is 118 Å². The third kappa shape index (κ3) is 5.38. The van der Waals surface area contributed by atoms with Gasteiger partial charge in [0.15, 0.2) is 0 Å². The summed E-state index contributed by atoms with van der Waals surface area (Å²) in [5, 5.41) is 0. The molecule has 1 rings (SSSR count). The van der Waals surface area contributed by atoms with Crippen LogP contribution in [0.15, 0.2) is 0 Å². The van der Waals surface area contributed by atoms with E-state index < -0.39 is 10.2 Å². The highest BCUT2D eigenvalue weighted by Gasteiger charge is 2.31. The fraction of sp³-hybridized carbons (Fsp3) is 1.00. The molecule has 0 spiro atoms. The third-order valence-electron chi connectivity index (χ3n) is 3.53. The van der Waals surface area contributed by atoms with Gasteiger partial charge in [0.05, 0.1) is 0 Å². The van der Waals surface area contributed by atoms with E-state index in [-0.39, 0.29) is 6.04 Å². The van der Waals surface area contributed by atoms with Crippen LogP contribution >= 0.6 is 0 Å². The number of nitrogens with zero attached hydrogens (tertiary/aromatic N) is 1. The SMILES string of the molecule is CC(C)CC(CN)NS(=O)(=O)N1CC(C)CC(C)C1. The second kappa shape index (κ2) is 7.02. The molecular formula is C13H29N3O2S. The summed E-state index contributed by atoms with van der Waals surface area (Å²) in [4.78, 5) is 0. The van der Waals surface area contributed by atoms with Crippen molar-refractivity contribution in [2.24, 2.45) is 23.5 Å². The van der Waals surface area contributed by atoms with Crippen molar-refractivity contribution in [2.75, 3.05) is 19.6 Å². The van der Waals surface area contributed by atoms with Crippen LogP contribution in [0.3, 0.4) is 0 Å². The lowest BCUT2D eigenvalue weighted by Crippen LogP contribution is -2.52. The number of hydrogen-bond acceptors (Lipinski definition) is 3. The van der Waals surface area contributed by atoms with Gasteiger partial charge in [0.2, 0.25) is 0 Å². The molecule has 1 saturated heterocycles. The van der Waals surface area contributed by atoms with Crippen LogP contribution in [0.25, 0.3) is 0 Å². The van der Waals surface area contributed by atoms with E-state index >= 15 is 0 Å². The van der Waals surface area contributed by atoms with Crippen LogP contribution in [0.2, 0.25) is 0 Å². The predicted octanol–water partition coefficient (Wildman–Crippen LogP) is 1.17. The minimum absolute atomic E-state index is 0.169. The molecule has 0 radical (unpaired) electrons. The zero-order valence-electron chi connectivity index (χ0n) is 12.6. The van der Waals surface area contributed by atoms with Crippen molar-refractivity contribution < 1.29 is 8.42 Å². The lowest BCUT2D eigenvalue weighted by Gasteiger charge is -2.35. The Morgan fingerprint density at radius 2 is 1.79 bits per heavy atom. The molecule has 0 bridgehead atoms. The molecule has 0 aromatic rings. The van der Waals surface area contributed by atoms with Gasteiger partial charge in [-0.25, -0.2) is 0 Å². The Hall–Kier alpha value is -0.170. The van der Waals surface area contributed by atoms with Crippen molar-refractivity contribution in [3.8, 4) is 0 Å². The molecule has 0 aromatic heterocycles. The van der Waals surface area contributed by atoms with E-state index in [1.165, 1.54) is 0 Å². The maximum Gasteiger partial charge on any atom is 0.279 e. The third-order valence-corrected chi connectivity index (χ3v) is 5.14. The van der Waals surface area contributed by atoms with Gasteiger partial charge in [-0.1, -0.05) is 27.7 Å². The molecule has 19 heavy (non-hydrogen) atoms. The molecule has 0 aromatic carbocycles. The highest BCUT2D eigenvalue weighted by atomic mass is 32.2. The molecule has 1 aliphatic heterocycles. The first kappa shape index (κ1) is 16.9. The molecule has 3 unspecified atom stereocenters. The molecular weight excluding hydrogens is 262 g/mol. The molecule has 0 saturated carbocycles. The maximum atomic E-state index is 12.4. The van der Waals surface area contributed by atoms with E-state index in [0.717, 1.165) is 12.8 Å². The molecule has 0 amide bonds. The first-order valence-electron chi connectivity index (χ1n) is 7.22. The molecule has 114 valence electrons. The van der Waals surface area contributed by atoms with Gasteiger partial charge in [-0.2, -0.15) is 17.4 Å². The second-order valence-electron chi connectivity index (χ2n) is 6.45. The highest BCUT2D eigenvalue weighted by molar-refractivity contribution is 7.87. The zero-order valence-corrected chi connectivity index (χ0v) is 13.4. The van der Waals surface area contributed by atoms with E-state index in [1.54, 1.807) is 4.31 Å². The summed E-state index contributed by atoms with van der Waals surface area (Å²) < 4.78 is 29.1. The summed E-state index contributed by atoms with van der Waals surface area (Å²) in [7, 11) is -3.40. The van der Waals surface area contributed by atoms with Crippen molar-refractivity contribution >= 4 is 10.2 Å². The van der Waals surface area contributed by atoms with E-state index in [4.69, 9.17) is 5.73 Å². The minimum Gasteiger partial charge on any atom is -0.329 e. The highest BCUT2D eigenvalue weighted by Crippen LogP contribution is 2.23. The summed E-state index contributed by atoms with van der Waals surface area (Å²) in [6.07, 6.45) is 1.87. The monoisotopic (exact) mass is 291 g/mol. The number of hydrogen-bond donors (Lipinski definition) is 2. The topological polar surface area (TPSA) is 75.4 Å². The zero-order chi connectivity index (χ0) is 14.6. The molecule has 0 aliphatic carbocycles. The Bertz CT molecular complexity index is 360. The van der Waals surface area contributed by atoms with Gasteiger partial charge in [0, 0.05) is 25.7 Å². The van der Waals surface area contributed by atoms with E-state index in [2.05, 4.69) is 32.4 Å². The largest absolute Gasteiger partial charge is 0.329 e. The standard InChI is InChI=1S/C13H29N3O2S/c1-10(2)5-13(7-14)15-19(17,18)16-8-11(3)6-12(4)9-16/h10-13,15H,5-9,14H2,1-4H3. The molecule has 6 heteroatoms. The molecule has 1 aliphatic rings. The summed E-state index contributed by atoms with van der Waals surface area (Å²) >= 11 is 0. The van der Waals surface area contributed by atoms with Crippen LogP contribution < -0.4 is 10.5 Å². The Morgan fingerprint density at radius 3 is 2.21 bits per heavy atom. The lowest BCUT2D eigenvalue weighted by molar-refractivity contribution is 0.219. The number of nitrogens with two attached hydrogens (primary N) is 1. The van der Waals surface area contributed by atoms with Crippen LogP contribution in [0.4, 0.5) is 0 Å². The van der Waals surface area contributed by atoms with Gasteiger partial charge in [-0.05, 0) is 30.6 Å². The number of rotatable bonds is 6. The normalized spacial score (nSPS) is 27.7. The average molecular weight is 291 g/mol. The fourth-order valence-corrected chi connectivity index (χ4v) is 4.51. The Kier molecular flexibility index (Phi) is 6.23. The Balaban J connectivity index is 2.68.